The van der Waals surface area contributed by atoms with Gasteiger partial charge in [0.1, 0.15) is 11.8 Å². The van der Waals surface area contributed by atoms with Gasteiger partial charge in [-0.1, -0.05) is 11.3 Å². The first-order valence-electron chi connectivity index (χ1n) is 8.28. The molecule has 0 spiro atoms. The number of benzene rings is 1. The minimum atomic E-state index is -3.09. The first kappa shape index (κ1) is 18.8. The van der Waals surface area contributed by atoms with Crippen molar-refractivity contribution in [2.75, 3.05) is 0 Å². The van der Waals surface area contributed by atoms with Crippen LogP contribution in [-0.2, 0) is 18.0 Å². The first-order chi connectivity index (χ1) is 12.6. The second-order valence-electron chi connectivity index (χ2n) is 6.95. The van der Waals surface area contributed by atoms with E-state index in [1.54, 1.807) is 29.0 Å². The molecule has 5 nitrogen and oxygen atoms in total. The number of nitriles is 1. The quantitative estimate of drug-likeness (QED) is 0.701. The number of rotatable bonds is 5. The fraction of sp³-hybridized carbons (Fsp3) is 0.278. The summed E-state index contributed by atoms with van der Waals surface area (Å²) in [7, 11) is 1.33. The van der Waals surface area contributed by atoms with E-state index in [-0.39, 0.29) is 23.4 Å². The van der Waals surface area contributed by atoms with Crippen LogP contribution in [0.4, 0.5) is 13.2 Å². The zero-order chi connectivity index (χ0) is 19.8. The lowest BCUT2D eigenvalue weighted by Gasteiger charge is -2.21. The number of aromatic amines is 1. The van der Waals surface area contributed by atoms with Gasteiger partial charge in [-0.15, -0.1) is 5.10 Å². The molecule has 1 aromatic carbocycles. The lowest BCUT2D eigenvalue weighted by Crippen LogP contribution is -2.18. The number of nitrogens with one attached hydrogen (secondary N) is 1. The van der Waals surface area contributed by atoms with Crippen LogP contribution >= 0.6 is 0 Å². The van der Waals surface area contributed by atoms with Gasteiger partial charge in [0.25, 0.3) is 5.92 Å². The van der Waals surface area contributed by atoms with Crippen LogP contribution in [0.3, 0.4) is 0 Å². The number of aromatic nitrogens is 4. The largest absolute Gasteiger partial charge is 0.342 e. The minimum Gasteiger partial charge on any atom is -0.342 e. The third-order valence-corrected chi connectivity index (χ3v) is 4.27. The molecule has 9 heteroatoms. The standard InChI is InChI=1S/C18H17BF3N5/c1-17(19,20)12-6-11(7-13(8-12)18(2,21)22)10-27-5-3-4-15(27)16-14(9-23)24-26-25-16/h3-8H,10,19H2,1-2H3,(H,24,25,26). The van der Waals surface area contributed by atoms with Crippen molar-refractivity contribution in [3.63, 3.8) is 0 Å². The maximum Gasteiger partial charge on any atom is 0.270 e. The van der Waals surface area contributed by atoms with Gasteiger partial charge in [0.05, 0.1) is 11.3 Å². The summed E-state index contributed by atoms with van der Waals surface area (Å²) in [4.78, 5) is 0. The van der Waals surface area contributed by atoms with Crippen LogP contribution in [0.1, 0.15) is 36.2 Å². The highest BCUT2D eigenvalue weighted by atomic mass is 19.3. The summed E-state index contributed by atoms with van der Waals surface area (Å²) in [6.07, 6.45) is 1.74. The number of halogens is 3. The summed E-state index contributed by atoms with van der Waals surface area (Å²) in [5, 5.41) is 19.2. The second kappa shape index (κ2) is 6.61. The van der Waals surface area contributed by atoms with E-state index in [4.69, 9.17) is 5.26 Å². The first-order valence-corrected chi connectivity index (χ1v) is 8.28. The van der Waals surface area contributed by atoms with Crippen molar-refractivity contribution in [1.82, 2.24) is 20.0 Å². The molecule has 2 aromatic heterocycles. The van der Waals surface area contributed by atoms with E-state index in [9.17, 15) is 13.2 Å². The number of alkyl halides is 3. The van der Waals surface area contributed by atoms with Gasteiger partial charge in [-0.3, -0.25) is 0 Å². The normalized spacial score (nSPS) is 13.9. The maximum absolute atomic E-state index is 14.4. The van der Waals surface area contributed by atoms with Crippen molar-refractivity contribution < 1.29 is 13.2 Å². The van der Waals surface area contributed by atoms with Gasteiger partial charge in [-0.2, -0.15) is 5.26 Å². The highest BCUT2D eigenvalue weighted by Crippen LogP contribution is 2.33. The average molecular weight is 371 g/mol. The Balaban J connectivity index is 2.05. The summed E-state index contributed by atoms with van der Waals surface area (Å²) in [6.45, 7) is 2.34. The number of hydrogen-bond donors (Lipinski definition) is 1. The molecule has 0 saturated carbocycles. The van der Waals surface area contributed by atoms with E-state index < -0.39 is 11.5 Å². The second-order valence-corrected chi connectivity index (χ2v) is 6.95. The highest BCUT2D eigenvalue weighted by molar-refractivity contribution is 6.14. The molecule has 0 fully saturated rings. The number of hydrogen-bond acceptors (Lipinski definition) is 3. The Labute approximate surface area is 155 Å². The molecule has 0 amide bonds. The van der Waals surface area contributed by atoms with Crippen molar-refractivity contribution in [2.45, 2.75) is 31.9 Å². The molecule has 0 bridgehead atoms. The van der Waals surface area contributed by atoms with Crippen molar-refractivity contribution in [1.29, 1.82) is 5.26 Å². The Hall–Kier alpha value is -3.02. The summed E-state index contributed by atoms with van der Waals surface area (Å²) in [5.74, 6) is -3.09. The molecular formula is C18H17BF3N5. The summed E-state index contributed by atoms with van der Waals surface area (Å²) in [5.41, 5.74) is -0.114. The van der Waals surface area contributed by atoms with Crippen molar-refractivity contribution >= 4 is 7.85 Å². The van der Waals surface area contributed by atoms with Gasteiger partial charge < -0.3 is 4.57 Å². The summed E-state index contributed by atoms with van der Waals surface area (Å²) >= 11 is 0. The smallest absolute Gasteiger partial charge is 0.270 e. The average Bonchev–Trinajstić information content (AvgIpc) is 3.21. The van der Waals surface area contributed by atoms with Gasteiger partial charge in [-0.25, -0.2) is 18.3 Å². The van der Waals surface area contributed by atoms with E-state index in [0.29, 0.717) is 17.0 Å². The third kappa shape index (κ3) is 3.89. The van der Waals surface area contributed by atoms with E-state index in [0.717, 1.165) is 6.92 Å². The van der Waals surface area contributed by atoms with Crippen LogP contribution in [0, 0.1) is 11.3 Å². The third-order valence-electron chi connectivity index (χ3n) is 4.27. The van der Waals surface area contributed by atoms with Crippen LogP contribution < -0.4 is 0 Å². The monoisotopic (exact) mass is 371 g/mol. The van der Waals surface area contributed by atoms with Crippen LogP contribution in [-0.4, -0.2) is 27.8 Å². The molecule has 3 rings (SSSR count). The molecule has 27 heavy (non-hydrogen) atoms. The molecule has 0 aliphatic carbocycles. The molecule has 1 N–H and O–H groups in total. The van der Waals surface area contributed by atoms with E-state index in [1.165, 1.54) is 26.9 Å². The zero-order valence-corrected chi connectivity index (χ0v) is 15.1. The summed E-state index contributed by atoms with van der Waals surface area (Å²) in [6, 6.07) is 9.62. The van der Waals surface area contributed by atoms with Gasteiger partial charge in [0, 0.05) is 25.2 Å². The Kier molecular flexibility index (Phi) is 4.60. The van der Waals surface area contributed by atoms with Crippen molar-refractivity contribution in [3.8, 4) is 17.5 Å². The topological polar surface area (TPSA) is 70.3 Å². The fourth-order valence-corrected chi connectivity index (χ4v) is 2.83. The molecule has 3 aromatic rings. The Morgan fingerprint density at radius 3 is 2.56 bits per heavy atom. The Bertz CT molecular complexity index is 973. The molecule has 2 heterocycles. The lowest BCUT2D eigenvalue weighted by atomic mass is 9.78. The van der Waals surface area contributed by atoms with Crippen LogP contribution in [0.15, 0.2) is 36.5 Å². The van der Waals surface area contributed by atoms with Gasteiger partial charge in [0.15, 0.2) is 13.5 Å². The van der Waals surface area contributed by atoms with Crippen molar-refractivity contribution in [2.24, 2.45) is 0 Å². The van der Waals surface area contributed by atoms with Gasteiger partial charge in [-0.05, 0) is 42.3 Å². The number of nitrogens with zero attached hydrogens (tertiary/aromatic N) is 4. The van der Waals surface area contributed by atoms with Crippen LogP contribution in [0.2, 0.25) is 0 Å². The van der Waals surface area contributed by atoms with Gasteiger partial charge >= 0.3 is 0 Å². The number of H-pyrrole nitrogens is 1. The molecule has 138 valence electrons. The predicted octanol–water partition coefficient (Wildman–Crippen LogP) is 3.08. The Morgan fingerprint density at radius 2 is 1.93 bits per heavy atom. The maximum atomic E-state index is 14.4. The summed E-state index contributed by atoms with van der Waals surface area (Å²) < 4.78 is 44.0. The fourth-order valence-electron chi connectivity index (χ4n) is 2.83. The van der Waals surface area contributed by atoms with E-state index >= 15 is 0 Å². The zero-order valence-electron chi connectivity index (χ0n) is 15.1. The Morgan fingerprint density at radius 1 is 1.22 bits per heavy atom. The molecule has 0 aliphatic rings. The van der Waals surface area contributed by atoms with E-state index in [2.05, 4.69) is 15.4 Å². The molecular weight excluding hydrogens is 354 g/mol. The minimum absolute atomic E-state index is 0.185. The van der Waals surface area contributed by atoms with Crippen molar-refractivity contribution in [3.05, 3.63) is 58.9 Å². The van der Waals surface area contributed by atoms with Gasteiger partial charge in [0.2, 0.25) is 0 Å². The molecule has 0 aliphatic heterocycles. The predicted molar refractivity (Wildman–Crippen MR) is 96.6 cm³/mol. The highest BCUT2D eigenvalue weighted by Gasteiger charge is 2.28. The molecule has 1 atom stereocenters. The molecule has 0 radical (unpaired) electrons. The van der Waals surface area contributed by atoms with Crippen LogP contribution in [0.5, 0.6) is 0 Å². The SMILES string of the molecule is BC(C)(F)c1cc(Cn2cccc2-c2nn[nH]c2C#N)cc(C(C)(F)F)c1. The van der Waals surface area contributed by atoms with E-state index in [1.807, 2.05) is 6.07 Å². The lowest BCUT2D eigenvalue weighted by molar-refractivity contribution is 0.0172. The molecule has 1 unspecified atom stereocenters. The molecule has 0 saturated heterocycles. The van der Waals surface area contributed by atoms with Crippen LogP contribution in [0.25, 0.3) is 11.4 Å².